The van der Waals surface area contributed by atoms with Gasteiger partial charge in [-0.15, -0.1) is 0 Å². The summed E-state index contributed by atoms with van der Waals surface area (Å²) in [5.74, 6) is 1.14. The lowest BCUT2D eigenvalue weighted by molar-refractivity contribution is 0.465. The van der Waals surface area contributed by atoms with Crippen molar-refractivity contribution in [2.24, 2.45) is 0 Å². The van der Waals surface area contributed by atoms with Gasteiger partial charge in [0.15, 0.2) is 0 Å². The molecule has 0 aliphatic carbocycles. The van der Waals surface area contributed by atoms with Gasteiger partial charge in [0.2, 0.25) is 0 Å². The summed E-state index contributed by atoms with van der Waals surface area (Å²) >= 11 is 0. The van der Waals surface area contributed by atoms with E-state index in [0.717, 1.165) is 16.7 Å². The summed E-state index contributed by atoms with van der Waals surface area (Å²) in [6.45, 7) is 2.07. The second kappa shape index (κ2) is 4.23. The monoisotopic (exact) mass is 262 g/mol. The lowest BCUT2D eigenvalue weighted by Gasteiger charge is -2.21. The molecule has 20 heavy (non-hydrogen) atoms. The van der Waals surface area contributed by atoms with Crippen LogP contribution in [0.4, 0.5) is 0 Å². The van der Waals surface area contributed by atoms with Gasteiger partial charge in [0, 0.05) is 41.0 Å². The number of rotatable bonds is 1. The number of aryl methyl sites for hydroxylation is 1. The quantitative estimate of drug-likeness (QED) is 0.722. The molecule has 1 N–H and O–H groups in total. The minimum Gasteiger partial charge on any atom is -0.464 e. The Hall–Kier alpha value is -2.55. The summed E-state index contributed by atoms with van der Waals surface area (Å²) in [6.07, 6.45) is 9.61. The molecule has 4 rings (SSSR count). The van der Waals surface area contributed by atoms with Crippen molar-refractivity contribution >= 4 is 10.9 Å². The van der Waals surface area contributed by atoms with Crippen LogP contribution in [0.15, 0.2) is 55.2 Å². The molecule has 1 aromatic carbocycles. The SMILES string of the molecule is Cc1cncc(C2C=COc3c2ccc2[nH]ccc32)c1. The number of H-pyrrole nitrogens is 1. The Labute approximate surface area is 116 Å². The Morgan fingerprint density at radius 1 is 1.20 bits per heavy atom. The molecule has 1 atom stereocenters. The van der Waals surface area contributed by atoms with E-state index in [0.29, 0.717) is 0 Å². The summed E-state index contributed by atoms with van der Waals surface area (Å²) in [6, 6.07) is 8.47. The van der Waals surface area contributed by atoms with E-state index in [1.807, 2.05) is 18.6 Å². The number of allylic oxidation sites excluding steroid dienone is 1. The predicted octanol–water partition coefficient (Wildman–Crippen LogP) is 3.91. The lowest BCUT2D eigenvalue weighted by atomic mass is 9.89. The third-order valence-electron chi connectivity index (χ3n) is 3.76. The van der Waals surface area contributed by atoms with E-state index in [1.165, 1.54) is 16.7 Å². The average molecular weight is 262 g/mol. The van der Waals surface area contributed by atoms with E-state index in [1.54, 1.807) is 6.26 Å². The van der Waals surface area contributed by atoms with Crippen molar-refractivity contribution in [3.63, 3.8) is 0 Å². The summed E-state index contributed by atoms with van der Waals surface area (Å²) in [5, 5.41) is 1.12. The molecule has 3 aromatic rings. The fraction of sp³-hybridized carbons (Fsp3) is 0.118. The number of nitrogens with one attached hydrogen (secondary N) is 1. The van der Waals surface area contributed by atoms with Crippen molar-refractivity contribution < 1.29 is 4.74 Å². The normalized spacial score (nSPS) is 16.9. The van der Waals surface area contributed by atoms with Crippen molar-refractivity contribution in [1.82, 2.24) is 9.97 Å². The minimum atomic E-state index is 0.199. The number of benzene rings is 1. The van der Waals surface area contributed by atoms with Gasteiger partial charge in [-0.2, -0.15) is 0 Å². The van der Waals surface area contributed by atoms with Crippen LogP contribution in [0.2, 0.25) is 0 Å². The van der Waals surface area contributed by atoms with Crippen LogP contribution in [0, 0.1) is 6.92 Å². The molecule has 98 valence electrons. The summed E-state index contributed by atoms with van der Waals surface area (Å²) < 4.78 is 5.76. The molecular formula is C17H14N2O. The Morgan fingerprint density at radius 2 is 2.15 bits per heavy atom. The van der Waals surface area contributed by atoms with E-state index in [2.05, 4.69) is 47.2 Å². The van der Waals surface area contributed by atoms with Gasteiger partial charge in [0.1, 0.15) is 5.75 Å². The number of nitrogens with zero attached hydrogens (tertiary/aromatic N) is 1. The van der Waals surface area contributed by atoms with Gasteiger partial charge in [-0.3, -0.25) is 4.98 Å². The van der Waals surface area contributed by atoms with Gasteiger partial charge >= 0.3 is 0 Å². The molecule has 1 unspecified atom stereocenters. The van der Waals surface area contributed by atoms with Crippen LogP contribution < -0.4 is 4.74 Å². The molecule has 1 aliphatic heterocycles. The highest BCUT2D eigenvalue weighted by Crippen LogP contribution is 2.40. The van der Waals surface area contributed by atoms with Crippen molar-refractivity contribution in [3.05, 3.63) is 71.9 Å². The summed E-state index contributed by atoms with van der Waals surface area (Å²) in [4.78, 5) is 7.52. The number of ether oxygens (including phenoxy) is 1. The van der Waals surface area contributed by atoms with Crippen LogP contribution in [0.3, 0.4) is 0 Å². The molecule has 3 heteroatoms. The van der Waals surface area contributed by atoms with E-state index in [-0.39, 0.29) is 5.92 Å². The van der Waals surface area contributed by atoms with Gasteiger partial charge in [0.05, 0.1) is 6.26 Å². The maximum atomic E-state index is 5.76. The van der Waals surface area contributed by atoms with Crippen molar-refractivity contribution in [2.75, 3.05) is 0 Å². The van der Waals surface area contributed by atoms with E-state index in [9.17, 15) is 0 Å². The standard InChI is InChI=1S/C17H14N2O/c1-11-8-12(10-18-9-11)13-5-7-20-17-14(13)2-3-16-15(17)4-6-19-16/h2-10,13,19H,1H3. The molecule has 0 fully saturated rings. The van der Waals surface area contributed by atoms with Crippen LogP contribution in [0.5, 0.6) is 5.75 Å². The van der Waals surface area contributed by atoms with Crippen LogP contribution in [0.25, 0.3) is 10.9 Å². The Morgan fingerprint density at radius 3 is 3.05 bits per heavy atom. The molecule has 0 spiro atoms. The second-order valence-electron chi connectivity index (χ2n) is 5.14. The zero-order valence-electron chi connectivity index (χ0n) is 11.1. The van der Waals surface area contributed by atoms with Gasteiger partial charge in [-0.25, -0.2) is 0 Å². The average Bonchev–Trinajstić information content (AvgIpc) is 2.95. The minimum absolute atomic E-state index is 0.199. The van der Waals surface area contributed by atoms with Crippen LogP contribution in [-0.4, -0.2) is 9.97 Å². The Balaban J connectivity index is 1.92. The molecule has 0 bridgehead atoms. The first-order chi connectivity index (χ1) is 9.83. The topological polar surface area (TPSA) is 37.9 Å². The van der Waals surface area contributed by atoms with E-state index in [4.69, 9.17) is 4.74 Å². The number of hydrogen-bond donors (Lipinski definition) is 1. The number of aromatic amines is 1. The molecule has 3 nitrogen and oxygen atoms in total. The first-order valence-corrected chi connectivity index (χ1v) is 6.68. The summed E-state index contributed by atoms with van der Waals surface area (Å²) in [5.41, 5.74) is 4.65. The number of fused-ring (bicyclic) bond motifs is 3. The molecule has 1 aliphatic rings. The molecule has 3 heterocycles. The van der Waals surface area contributed by atoms with Gasteiger partial charge in [-0.1, -0.05) is 12.1 Å². The third kappa shape index (κ3) is 1.63. The number of hydrogen-bond acceptors (Lipinski definition) is 2. The van der Waals surface area contributed by atoms with Crippen molar-refractivity contribution in [3.8, 4) is 5.75 Å². The number of pyridine rings is 1. The van der Waals surface area contributed by atoms with Gasteiger partial charge in [0.25, 0.3) is 0 Å². The second-order valence-corrected chi connectivity index (χ2v) is 5.14. The smallest absolute Gasteiger partial charge is 0.139 e. The third-order valence-corrected chi connectivity index (χ3v) is 3.76. The molecule has 0 radical (unpaired) electrons. The van der Waals surface area contributed by atoms with Crippen LogP contribution in [0.1, 0.15) is 22.6 Å². The zero-order chi connectivity index (χ0) is 13.5. The zero-order valence-corrected chi connectivity index (χ0v) is 11.1. The van der Waals surface area contributed by atoms with Gasteiger partial charge in [-0.05, 0) is 36.3 Å². The maximum Gasteiger partial charge on any atom is 0.139 e. The maximum absolute atomic E-state index is 5.76. The van der Waals surface area contributed by atoms with Crippen LogP contribution in [-0.2, 0) is 0 Å². The van der Waals surface area contributed by atoms with Crippen LogP contribution >= 0.6 is 0 Å². The van der Waals surface area contributed by atoms with E-state index >= 15 is 0 Å². The van der Waals surface area contributed by atoms with Crippen molar-refractivity contribution in [1.29, 1.82) is 0 Å². The molecular weight excluding hydrogens is 248 g/mol. The fourth-order valence-electron chi connectivity index (χ4n) is 2.83. The molecule has 0 saturated heterocycles. The van der Waals surface area contributed by atoms with Crippen molar-refractivity contribution in [2.45, 2.75) is 12.8 Å². The lowest BCUT2D eigenvalue weighted by Crippen LogP contribution is -2.06. The first kappa shape index (κ1) is 11.3. The molecule has 2 aromatic heterocycles. The fourth-order valence-corrected chi connectivity index (χ4v) is 2.83. The largest absolute Gasteiger partial charge is 0.464 e. The van der Waals surface area contributed by atoms with E-state index < -0.39 is 0 Å². The molecule has 0 saturated carbocycles. The Kier molecular flexibility index (Phi) is 2.39. The Bertz CT molecular complexity index is 817. The highest BCUT2D eigenvalue weighted by atomic mass is 16.5. The first-order valence-electron chi connectivity index (χ1n) is 6.68. The highest BCUT2D eigenvalue weighted by molar-refractivity contribution is 5.88. The predicted molar refractivity (Wildman–Crippen MR) is 78.9 cm³/mol. The highest BCUT2D eigenvalue weighted by Gasteiger charge is 2.22. The molecule has 0 amide bonds. The number of aromatic nitrogens is 2. The summed E-state index contributed by atoms with van der Waals surface area (Å²) in [7, 11) is 0. The van der Waals surface area contributed by atoms with Gasteiger partial charge < -0.3 is 9.72 Å².